The molecule has 7 N–H and O–H groups in total. The number of carbonyl (C=O) groups excluding carboxylic acids is 5. The number of hydrogen-bond donors (Lipinski definition) is 6. The highest BCUT2D eigenvalue weighted by Gasteiger charge is 2.43. The van der Waals surface area contributed by atoms with Gasteiger partial charge in [-0.1, -0.05) is 63.2 Å². The Labute approximate surface area is 267 Å². The highest BCUT2D eigenvalue weighted by molar-refractivity contribution is 7.46. The van der Waals surface area contributed by atoms with E-state index in [9.17, 15) is 28.5 Å². The molecule has 5 amide bonds. The number of likely N-dealkylation sites (tertiary alicyclic amines) is 1. The van der Waals surface area contributed by atoms with E-state index in [1.807, 2.05) is 30.3 Å². The molecular formula is C31H42N5O9P. The smallest absolute Gasteiger partial charge is 0.404 e. The van der Waals surface area contributed by atoms with Crippen molar-refractivity contribution in [3.63, 3.8) is 0 Å². The molecule has 15 heteroatoms. The van der Waals surface area contributed by atoms with E-state index in [-0.39, 0.29) is 25.1 Å². The number of phosphoric ester groups is 1. The highest BCUT2D eigenvalue weighted by atomic mass is 31.2. The molecule has 14 nitrogen and oxygen atoms in total. The van der Waals surface area contributed by atoms with Gasteiger partial charge in [0.25, 0.3) is 0 Å². The van der Waals surface area contributed by atoms with Crippen molar-refractivity contribution < 1.29 is 42.8 Å². The van der Waals surface area contributed by atoms with Crippen LogP contribution in [-0.2, 0) is 41.4 Å². The maximum absolute atomic E-state index is 14.0. The predicted molar refractivity (Wildman–Crippen MR) is 168 cm³/mol. The molecule has 0 aliphatic carbocycles. The highest BCUT2D eigenvalue weighted by Crippen LogP contribution is 2.37. The predicted octanol–water partition coefficient (Wildman–Crippen LogP) is 0.940. The summed E-state index contributed by atoms with van der Waals surface area (Å²) in [6.07, 6.45) is 1.07. The van der Waals surface area contributed by atoms with Crippen LogP contribution in [0, 0.1) is 5.41 Å². The fourth-order valence-electron chi connectivity index (χ4n) is 5.21. The third-order valence-electron chi connectivity index (χ3n) is 7.46. The average Bonchev–Trinajstić information content (AvgIpc) is 3.45. The van der Waals surface area contributed by atoms with Gasteiger partial charge in [-0.05, 0) is 41.5 Å². The van der Waals surface area contributed by atoms with Crippen LogP contribution in [-0.4, -0.2) is 74.9 Å². The van der Waals surface area contributed by atoms with Gasteiger partial charge in [0.15, 0.2) is 0 Å². The van der Waals surface area contributed by atoms with Gasteiger partial charge in [0.2, 0.25) is 29.5 Å². The lowest BCUT2D eigenvalue weighted by atomic mass is 9.85. The van der Waals surface area contributed by atoms with E-state index in [2.05, 4.69) is 20.5 Å². The summed E-state index contributed by atoms with van der Waals surface area (Å²) in [7, 11) is -4.76. The number of benzene rings is 2. The number of amides is 5. The first-order valence-corrected chi connectivity index (χ1v) is 16.3. The van der Waals surface area contributed by atoms with Crippen molar-refractivity contribution in [1.29, 1.82) is 0 Å². The number of phosphoric acid groups is 1. The summed E-state index contributed by atoms with van der Waals surface area (Å²) < 4.78 is 15.7. The van der Waals surface area contributed by atoms with Crippen molar-refractivity contribution >= 4 is 37.4 Å². The van der Waals surface area contributed by atoms with Gasteiger partial charge in [-0.3, -0.25) is 33.8 Å². The molecule has 46 heavy (non-hydrogen) atoms. The van der Waals surface area contributed by atoms with Gasteiger partial charge in [0.05, 0.1) is 0 Å². The number of primary amides is 1. The van der Waals surface area contributed by atoms with Crippen LogP contribution in [0.5, 0.6) is 5.75 Å². The van der Waals surface area contributed by atoms with E-state index in [1.54, 1.807) is 20.8 Å². The van der Waals surface area contributed by atoms with Crippen molar-refractivity contribution in [2.24, 2.45) is 11.1 Å². The van der Waals surface area contributed by atoms with Crippen molar-refractivity contribution in [3.05, 3.63) is 65.7 Å². The van der Waals surface area contributed by atoms with Gasteiger partial charge in [-0.25, -0.2) is 4.57 Å². The Morgan fingerprint density at radius 3 is 2.07 bits per heavy atom. The van der Waals surface area contributed by atoms with E-state index < -0.39 is 66.9 Å². The Morgan fingerprint density at radius 1 is 0.935 bits per heavy atom. The largest absolute Gasteiger partial charge is 0.524 e. The molecule has 2 aromatic rings. The second kappa shape index (κ2) is 15.4. The lowest BCUT2D eigenvalue weighted by molar-refractivity contribution is -0.144. The SMILES string of the molecule is CC(=O)N[C@@H](Cc1ccc(OP(=O)(O)O)cc1)C(=O)N[C@H](C(=O)N1CCC[C@H]1C(=O)N[C@@H](Cc1ccccc1)C(N)=O)C(C)(C)C. The Bertz CT molecular complexity index is 1460. The number of nitrogens with one attached hydrogen (secondary N) is 3. The second-order valence-corrected chi connectivity index (χ2v) is 13.5. The van der Waals surface area contributed by atoms with Gasteiger partial charge in [-0.15, -0.1) is 0 Å². The minimum atomic E-state index is -4.76. The number of nitrogens with zero attached hydrogens (tertiary/aromatic N) is 1. The van der Waals surface area contributed by atoms with E-state index in [4.69, 9.17) is 15.5 Å². The maximum atomic E-state index is 14.0. The van der Waals surface area contributed by atoms with Crippen LogP contribution in [0.1, 0.15) is 51.7 Å². The third kappa shape index (κ3) is 10.7. The molecule has 0 aromatic heterocycles. The molecule has 1 aliphatic rings. The summed E-state index contributed by atoms with van der Waals surface area (Å²) in [5.74, 6) is -2.93. The van der Waals surface area contributed by atoms with E-state index in [0.717, 1.165) is 5.56 Å². The molecule has 3 rings (SSSR count). The molecule has 1 fully saturated rings. The molecular weight excluding hydrogens is 617 g/mol. The first kappa shape index (κ1) is 36.2. The molecule has 0 radical (unpaired) electrons. The molecule has 0 spiro atoms. The zero-order valence-corrected chi connectivity index (χ0v) is 27.2. The van der Waals surface area contributed by atoms with Gasteiger partial charge in [0.1, 0.15) is 29.9 Å². The van der Waals surface area contributed by atoms with Crippen LogP contribution in [0.15, 0.2) is 54.6 Å². The Kier molecular flexibility index (Phi) is 12.1. The normalized spacial score (nSPS) is 16.9. The van der Waals surface area contributed by atoms with Gasteiger partial charge < -0.3 is 31.1 Å². The fraction of sp³-hybridized carbons (Fsp3) is 0.452. The van der Waals surface area contributed by atoms with Crippen molar-refractivity contribution in [1.82, 2.24) is 20.9 Å². The molecule has 0 unspecified atom stereocenters. The van der Waals surface area contributed by atoms with Crippen molar-refractivity contribution in [2.75, 3.05) is 6.54 Å². The summed E-state index contributed by atoms with van der Waals surface area (Å²) in [5, 5.41) is 8.06. The third-order valence-corrected chi connectivity index (χ3v) is 7.91. The summed E-state index contributed by atoms with van der Waals surface area (Å²) in [6, 6.07) is 10.6. The van der Waals surface area contributed by atoms with Gasteiger partial charge >= 0.3 is 7.82 Å². The Morgan fingerprint density at radius 2 is 1.52 bits per heavy atom. The van der Waals surface area contributed by atoms with E-state index >= 15 is 0 Å². The topological polar surface area (TPSA) is 217 Å². The zero-order chi connectivity index (χ0) is 34.2. The number of rotatable bonds is 13. The fourth-order valence-corrected chi connectivity index (χ4v) is 5.61. The quantitative estimate of drug-likeness (QED) is 0.168. The van der Waals surface area contributed by atoms with Crippen LogP contribution < -0.4 is 26.2 Å². The molecule has 250 valence electrons. The van der Waals surface area contributed by atoms with Crippen LogP contribution in [0.2, 0.25) is 0 Å². The average molecular weight is 660 g/mol. The van der Waals surface area contributed by atoms with Crippen LogP contribution in [0.25, 0.3) is 0 Å². The summed E-state index contributed by atoms with van der Waals surface area (Å²) in [4.78, 5) is 84.6. The summed E-state index contributed by atoms with van der Waals surface area (Å²) >= 11 is 0. The standard InChI is InChI=1S/C31H42N5O9P/c1-19(37)33-24(18-21-12-14-22(15-13-21)45-46(42,43)44)28(39)35-26(31(2,3)4)30(41)36-16-8-11-25(36)29(40)34-23(27(32)38)17-20-9-6-5-7-10-20/h5-7,9-10,12-15,23-26H,8,11,16-18H2,1-4H3,(H2,32,38)(H,33,37)(H,34,40)(H,35,39)(H2,42,43,44)/t23-,24-,25-,26+/m0/s1. The minimum Gasteiger partial charge on any atom is -0.404 e. The number of carbonyl (C=O) groups is 5. The number of nitrogens with two attached hydrogens (primary N) is 1. The van der Waals surface area contributed by atoms with Gasteiger partial charge in [0, 0.05) is 26.3 Å². The minimum absolute atomic E-state index is 0.00266. The zero-order valence-electron chi connectivity index (χ0n) is 26.3. The van der Waals surface area contributed by atoms with Crippen LogP contribution >= 0.6 is 7.82 Å². The number of hydrogen-bond acceptors (Lipinski definition) is 7. The molecule has 1 heterocycles. The maximum Gasteiger partial charge on any atom is 0.524 e. The first-order chi connectivity index (χ1) is 21.4. The van der Waals surface area contributed by atoms with E-state index in [1.165, 1.54) is 36.1 Å². The molecule has 1 aliphatic heterocycles. The van der Waals surface area contributed by atoms with E-state index in [0.29, 0.717) is 18.4 Å². The Balaban J connectivity index is 1.76. The summed E-state index contributed by atoms with van der Waals surface area (Å²) in [6.45, 7) is 6.79. The molecule has 0 bridgehead atoms. The first-order valence-electron chi connectivity index (χ1n) is 14.8. The monoisotopic (exact) mass is 659 g/mol. The second-order valence-electron chi connectivity index (χ2n) is 12.3. The van der Waals surface area contributed by atoms with Crippen molar-refractivity contribution in [3.8, 4) is 5.75 Å². The Hall–Kier alpha value is -4.26. The summed E-state index contributed by atoms with van der Waals surface area (Å²) in [5.41, 5.74) is 6.13. The molecule has 0 saturated carbocycles. The van der Waals surface area contributed by atoms with Crippen molar-refractivity contribution in [2.45, 2.75) is 77.5 Å². The lowest BCUT2D eigenvalue weighted by Crippen LogP contribution is -2.61. The lowest BCUT2D eigenvalue weighted by Gasteiger charge is -2.36. The van der Waals surface area contributed by atoms with Crippen LogP contribution in [0.4, 0.5) is 0 Å². The molecule has 2 aromatic carbocycles. The molecule has 4 atom stereocenters. The molecule has 1 saturated heterocycles. The van der Waals surface area contributed by atoms with Crippen LogP contribution in [0.3, 0.4) is 0 Å². The van der Waals surface area contributed by atoms with Gasteiger partial charge in [-0.2, -0.15) is 0 Å².